The maximum absolute atomic E-state index is 13.1. The van der Waals surface area contributed by atoms with E-state index in [-0.39, 0.29) is 22.6 Å². The Bertz CT molecular complexity index is 1120. The molecule has 0 unspecified atom stereocenters. The molecule has 188 valence electrons. The molecule has 1 atom stereocenters. The molecule has 1 heterocycles. The summed E-state index contributed by atoms with van der Waals surface area (Å²) in [6.07, 6.45) is 7.75. The second kappa shape index (κ2) is 11.2. The Balaban J connectivity index is 1.33. The molecule has 2 amide bonds. The van der Waals surface area contributed by atoms with Crippen molar-refractivity contribution in [3.8, 4) is 0 Å². The second-order valence-electron chi connectivity index (χ2n) is 9.84. The number of carbonyl (C=O) groups is 2. The third kappa shape index (κ3) is 6.63. The maximum Gasteiger partial charge on any atom is 0.261 e. The first kappa shape index (κ1) is 25.2. The summed E-state index contributed by atoms with van der Waals surface area (Å²) in [4.78, 5) is 27.7. The topological polar surface area (TPSA) is 95.6 Å². The zero-order chi connectivity index (χ0) is 24.8. The predicted octanol–water partition coefficient (Wildman–Crippen LogP) is 4.34. The number of sulfonamides is 1. The van der Waals surface area contributed by atoms with Gasteiger partial charge in [0.1, 0.15) is 0 Å². The van der Waals surface area contributed by atoms with Crippen LogP contribution in [0, 0.1) is 18.8 Å². The molecule has 4 rings (SSSR count). The molecule has 1 saturated heterocycles. The van der Waals surface area contributed by atoms with E-state index < -0.39 is 10.0 Å². The van der Waals surface area contributed by atoms with Crippen molar-refractivity contribution in [2.75, 3.05) is 24.4 Å². The van der Waals surface area contributed by atoms with Gasteiger partial charge in [0.15, 0.2) is 0 Å². The van der Waals surface area contributed by atoms with Crippen molar-refractivity contribution in [1.29, 1.82) is 0 Å². The number of carbonyl (C=O) groups excluding carboxylic acids is 2. The Morgan fingerprint density at radius 1 is 0.914 bits per heavy atom. The molecule has 8 heteroatoms. The van der Waals surface area contributed by atoms with E-state index in [4.69, 9.17) is 0 Å². The number of likely N-dealkylation sites (tertiary alicyclic amines) is 1. The summed E-state index contributed by atoms with van der Waals surface area (Å²) in [5, 5.41) is 3.12. The van der Waals surface area contributed by atoms with Gasteiger partial charge >= 0.3 is 0 Å². The number of piperidine rings is 1. The summed E-state index contributed by atoms with van der Waals surface area (Å²) >= 11 is 0. The molecular weight excluding hydrogens is 462 g/mol. The molecule has 2 aromatic carbocycles. The van der Waals surface area contributed by atoms with Crippen molar-refractivity contribution in [3.63, 3.8) is 0 Å². The van der Waals surface area contributed by atoms with Crippen molar-refractivity contribution in [1.82, 2.24) is 10.2 Å². The largest absolute Gasteiger partial charge is 0.356 e. The minimum Gasteiger partial charge on any atom is -0.356 e. The van der Waals surface area contributed by atoms with Gasteiger partial charge < -0.3 is 10.2 Å². The number of aryl methyl sites for hydroxylation is 1. The van der Waals surface area contributed by atoms with Gasteiger partial charge in [-0.25, -0.2) is 8.42 Å². The molecule has 2 fully saturated rings. The van der Waals surface area contributed by atoms with Crippen LogP contribution in [-0.2, 0) is 14.8 Å². The van der Waals surface area contributed by atoms with E-state index >= 15 is 0 Å². The Kier molecular flexibility index (Phi) is 8.11. The monoisotopic (exact) mass is 497 g/mol. The highest BCUT2D eigenvalue weighted by atomic mass is 32.2. The number of anilines is 1. The molecule has 1 aliphatic heterocycles. The highest BCUT2D eigenvalue weighted by Crippen LogP contribution is 2.24. The summed E-state index contributed by atoms with van der Waals surface area (Å²) < 4.78 is 27.8. The zero-order valence-electron chi connectivity index (χ0n) is 20.3. The van der Waals surface area contributed by atoms with Gasteiger partial charge in [0.05, 0.1) is 10.8 Å². The lowest BCUT2D eigenvalue weighted by molar-refractivity contribution is -0.126. The van der Waals surface area contributed by atoms with E-state index in [2.05, 4.69) is 10.0 Å². The van der Waals surface area contributed by atoms with Crippen LogP contribution in [0.4, 0.5) is 5.69 Å². The number of amides is 2. The molecule has 2 N–H and O–H groups in total. The van der Waals surface area contributed by atoms with Gasteiger partial charge in [0.25, 0.3) is 15.9 Å². The van der Waals surface area contributed by atoms with E-state index in [0.717, 1.165) is 24.9 Å². The Labute approximate surface area is 208 Å². The van der Waals surface area contributed by atoms with Gasteiger partial charge in [-0.15, -0.1) is 0 Å². The molecule has 2 aromatic rings. The van der Waals surface area contributed by atoms with Crippen molar-refractivity contribution in [2.24, 2.45) is 11.8 Å². The molecule has 35 heavy (non-hydrogen) atoms. The molecule has 0 aromatic heterocycles. The van der Waals surface area contributed by atoms with Crippen LogP contribution in [0.2, 0.25) is 0 Å². The van der Waals surface area contributed by atoms with Crippen LogP contribution in [0.3, 0.4) is 0 Å². The first-order valence-electron chi connectivity index (χ1n) is 12.6. The minimum absolute atomic E-state index is 0.0499. The maximum atomic E-state index is 13.1. The van der Waals surface area contributed by atoms with Crippen molar-refractivity contribution in [2.45, 2.75) is 56.8 Å². The van der Waals surface area contributed by atoms with Crippen molar-refractivity contribution < 1.29 is 18.0 Å². The fourth-order valence-electron chi connectivity index (χ4n) is 4.95. The summed E-state index contributed by atoms with van der Waals surface area (Å²) in [7, 11) is -3.70. The molecule has 0 radical (unpaired) electrons. The van der Waals surface area contributed by atoms with Gasteiger partial charge in [-0.05, 0) is 74.9 Å². The van der Waals surface area contributed by atoms with Crippen LogP contribution in [0.15, 0.2) is 53.4 Å². The molecule has 1 saturated carbocycles. The predicted molar refractivity (Wildman–Crippen MR) is 137 cm³/mol. The van der Waals surface area contributed by atoms with Crippen molar-refractivity contribution >= 4 is 27.5 Å². The van der Waals surface area contributed by atoms with E-state index in [1.807, 2.05) is 6.92 Å². The smallest absolute Gasteiger partial charge is 0.261 e. The van der Waals surface area contributed by atoms with E-state index in [9.17, 15) is 18.0 Å². The fraction of sp³-hybridized carbons (Fsp3) is 0.481. The lowest BCUT2D eigenvalue weighted by Gasteiger charge is -2.32. The van der Waals surface area contributed by atoms with Gasteiger partial charge in [0.2, 0.25) is 5.91 Å². The molecule has 0 bridgehead atoms. The normalized spacial score (nSPS) is 19.2. The van der Waals surface area contributed by atoms with E-state index in [0.29, 0.717) is 30.3 Å². The van der Waals surface area contributed by atoms with Crippen LogP contribution in [0.5, 0.6) is 0 Å². The SMILES string of the molecule is Cc1ccc(S(=O)(=O)Nc2ccc(C(=O)N3CCC[C@H](C(=O)NCC4CCCCC4)C3)cc2)cc1. The van der Waals surface area contributed by atoms with Crippen LogP contribution in [0.25, 0.3) is 0 Å². The van der Waals surface area contributed by atoms with Crippen LogP contribution in [-0.4, -0.2) is 44.8 Å². The average Bonchev–Trinajstić information content (AvgIpc) is 2.88. The first-order valence-corrected chi connectivity index (χ1v) is 14.1. The molecule has 2 aliphatic rings. The summed E-state index contributed by atoms with van der Waals surface area (Å²) in [6.45, 7) is 3.67. The number of rotatable bonds is 7. The van der Waals surface area contributed by atoms with E-state index in [1.54, 1.807) is 53.4 Å². The van der Waals surface area contributed by atoms with Gasteiger partial charge in [0, 0.05) is 30.9 Å². The van der Waals surface area contributed by atoms with Gasteiger partial charge in [-0.1, -0.05) is 37.0 Å². The van der Waals surface area contributed by atoms with Gasteiger partial charge in [-0.2, -0.15) is 0 Å². The van der Waals surface area contributed by atoms with Crippen LogP contribution < -0.4 is 10.0 Å². The highest BCUT2D eigenvalue weighted by molar-refractivity contribution is 7.92. The molecular formula is C27H35N3O4S. The summed E-state index contributed by atoms with van der Waals surface area (Å²) in [6, 6.07) is 13.1. The minimum atomic E-state index is -3.70. The molecule has 0 spiro atoms. The Hall–Kier alpha value is -2.87. The third-order valence-corrected chi connectivity index (χ3v) is 8.48. The molecule has 7 nitrogen and oxygen atoms in total. The van der Waals surface area contributed by atoms with Crippen molar-refractivity contribution in [3.05, 3.63) is 59.7 Å². The fourth-order valence-corrected chi connectivity index (χ4v) is 6.01. The van der Waals surface area contributed by atoms with Gasteiger partial charge in [-0.3, -0.25) is 14.3 Å². The number of nitrogens with zero attached hydrogens (tertiary/aromatic N) is 1. The number of hydrogen-bond donors (Lipinski definition) is 2. The number of hydrogen-bond acceptors (Lipinski definition) is 4. The Morgan fingerprint density at radius 2 is 1.60 bits per heavy atom. The first-order chi connectivity index (χ1) is 16.8. The lowest BCUT2D eigenvalue weighted by Crippen LogP contribution is -2.46. The Morgan fingerprint density at radius 3 is 2.29 bits per heavy atom. The number of nitrogens with one attached hydrogen (secondary N) is 2. The number of benzene rings is 2. The van der Waals surface area contributed by atoms with Crippen LogP contribution in [0.1, 0.15) is 60.9 Å². The zero-order valence-corrected chi connectivity index (χ0v) is 21.1. The van der Waals surface area contributed by atoms with Crippen LogP contribution >= 0.6 is 0 Å². The average molecular weight is 498 g/mol. The molecule has 1 aliphatic carbocycles. The summed E-state index contributed by atoms with van der Waals surface area (Å²) in [5.41, 5.74) is 1.85. The standard InChI is InChI=1S/C27H35N3O4S/c1-20-9-15-25(16-10-20)35(33,34)29-24-13-11-22(12-14-24)27(32)30-17-5-8-23(19-30)26(31)28-18-21-6-3-2-4-7-21/h9-16,21,23,29H,2-8,17-19H2,1H3,(H,28,31)/t23-/m0/s1. The summed E-state index contributed by atoms with van der Waals surface area (Å²) in [5.74, 6) is 0.310. The highest BCUT2D eigenvalue weighted by Gasteiger charge is 2.29. The third-order valence-electron chi connectivity index (χ3n) is 7.08. The van der Waals surface area contributed by atoms with E-state index in [1.165, 1.54) is 32.1 Å². The quantitative estimate of drug-likeness (QED) is 0.595. The lowest BCUT2D eigenvalue weighted by atomic mass is 9.89. The second-order valence-corrected chi connectivity index (χ2v) is 11.5.